The molecule has 0 bridgehead atoms. The average Bonchev–Trinajstić information content (AvgIpc) is 3.02. The van der Waals surface area contributed by atoms with Gasteiger partial charge in [0.25, 0.3) is 0 Å². The minimum absolute atomic E-state index is 0.160. The van der Waals surface area contributed by atoms with Crippen LogP contribution in [-0.4, -0.2) is 27.6 Å². The fourth-order valence-corrected chi connectivity index (χ4v) is 4.83. The molecule has 0 saturated heterocycles. The summed E-state index contributed by atoms with van der Waals surface area (Å²) in [5.41, 5.74) is 4.88. The molecule has 140 valence electrons. The van der Waals surface area contributed by atoms with E-state index in [9.17, 15) is 0 Å². The number of hydrogen-bond donors (Lipinski definition) is 2. The Bertz CT molecular complexity index is 994. The van der Waals surface area contributed by atoms with Gasteiger partial charge in [-0.05, 0) is 56.2 Å². The van der Waals surface area contributed by atoms with Gasteiger partial charge in [-0.25, -0.2) is 0 Å². The van der Waals surface area contributed by atoms with Gasteiger partial charge < -0.3 is 15.2 Å². The van der Waals surface area contributed by atoms with Gasteiger partial charge in [-0.1, -0.05) is 48.0 Å². The van der Waals surface area contributed by atoms with Crippen LogP contribution in [0.2, 0.25) is 5.02 Å². The molecule has 4 rings (SSSR count). The van der Waals surface area contributed by atoms with E-state index in [1.165, 1.54) is 16.6 Å². The van der Waals surface area contributed by atoms with Crippen molar-refractivity contribution in [2.75, 3.05) is 6.54 Å². The third kappa shape index (κ3) is 3.21. The van der Waals surface area contributed by atoms with Crippen molar-refractivity contribution in [2.45, 2.75) is 38.8 Å². The Morgan fingerprint density at radius 1 is 1.19 bits per heavy atom. The lowest BCUT2D eigenvalue weighted by Crippen LogP contribution is -2.48. The lowest BCUT2D eigenvalue weighted by Gasteiger charge is -2.40. The Hall–Kier alpha value is -2.04. The highest BCUT2D eigenvalue weighted by Crippen LogP contribution is 2.44. The highest BCUT2D eigenvalue weighted by Gasteiger charge is 2.36. The second-order valence-corrected chi connectivity index (χ2v) is 8.30. The van der Waals surface area contributed by atoms with Crippen molar-refractivity contribution in [3.63, 3.8) is 0 Å². The van der Waals surface area contributed by atoms with Crippen molar-refractivity contribution in [1.82, 2.24) is 15.2 Å². The minimum Gasteiger partial charge on any atom is -0.360 e. The molecule has 2 aromatic carbocycles. The van der Waals surface area contributed by atoms with Gasteiger partial charge in [-0.15, -0.1) is 0 Å². The number of halogens is 1. The van der Waals surface area contributed by atoms with Crippen LogP contribution in [0.25, 0.3) is 10.9 Å². The molecule has 5 heteroatoms. The molecule has 1 aliphatic heterocycles. The van der Waals surface area contributed by atoms with Gasteiger partial charge in [0.1, 0.15) is 0 Å². The van der Waals surface area contributed by atoms with Crippen molar-refractivity contribution in [1.29, 1.82) is 0 Å². The zero-order valence-corrected chi connectivity index (χ0v) is 17.4. The zero-order valence-electron chi connectivity index (χ0n) is 15.8. The smallest absolute Gasteiger partial charge is 0.169 e. The van der Waals surface area contributed by atoms with Gasteiger partial charge in [-0.3, -0.25) is 0 Å². The van der Waals surface area contributed by atoms with Crippen LogP contribution in [0.5, 0.6) is 0 Å². The molecule has 1 aromatic heterocycles. The molecule has 0 aliphatic carbocycles. The predicted octanol–water partition coefficient (Wildman–Crippen LogP) is 5.61. The van der Waals surface area contributed by atoms with E-state index in [1.807, 2.05) is 12.1 Å². The highest BCUT2D eigenvalue weighted by atomic mass is 35.5. The van der Waals surface area contributed by atoms with Gasteiger partial charge in [0.05, 0.1) is 6.04 Å². The number of para-hydroxylation sites is 1. The number of aromatic nitrogens is 1. The van der Waals surface area contributed by atoms with Crippen molar-refractivity contribution < 1.29 is 0 Å². The molecule has 0 radical (unpaired) electrons. The number of nitrogens with one attached hydrogen (secondary N) is 2. The van der Waals surface area contributed by atoms with Crippen LogP contribution in [0, 0.1) is 0 Å². The summed E-state index contributed by atoms with van der Waals surface area (Å²) in [6, 6.07) is 17.1. The molecule has 2 atom stereocenters. The molecule has 0 fully saturated rings. The quantitative estimate of drug-likeness (QED) is 0.551. The normalized spacial score (nSPS) is 19.4. The molecule has 0 saturated carbocycles. The van der Waals surface area contributed by atoms with Crippen molar-refractivity contribution in [3.8, 4) is 0 Å². The maximum absolute atomic E-state index is 6.61. The number of H-pyrrole nitrogens is 1. The fraction of sp³-hybridized carbons (Fsp3) is 0.318. The van der Waals surface area contributed by atoms with E-state index in [0.717, 1.165) is 27.8 Å². The third-order valence-electron chi connectivity index (χ3n) is 5.34. The summed E-state index contributed by atoms with van der Waals surface area (Å²) in [7, 11) is 0. The summed E-state index contributed by atoms with van der Waals surface area (Å²) in [5, 5.41) is 6.27. The fourth-order valence-electron chi connectivity index (χ4n) is 4.09. The van der Waals surface area contributed by atoms with E-state index in [0.29, 0.717) is 6.04 Å². The summed E-state index contributed by atoms with van der Waals surface area (Å²) in [6.45, 7) is 7.24. The monoisotopic (exact) mass is 397 g/mol. The second kappa shape index (κ2) is 7.17. The van der Waals surface area contributed by atoms with Gasteiger partial charge >= 0.3 is 0 Å². The maximum atomic E-state index is 6.61. The molecule has 0 unspecified atom stereocenters. The molecule has 3 nitrogen and oxygen atoms in total. The number of fused-ring (bicyclic) bond motifs is 3. The van der Waals surface area contributed by atoms with E-state index in [2.05, 4.69) is 72.4 Å². The molecular formula is C22H24ClN3S. The second-order valence-electron chi connectivity index (χ2n) is 7.50. The molecular weight excluding hydrogens is 374 g/mol. The minimum atomic E-state index is 0.160. The van der Waals surface area contributed by atoms with Crippen LogP contribution in [0.4, 0.5) is 0 Å². The van der Waals surface area contributed by atoms with Crippen LogP contribution in [0.1, 0.15) is 49.6 Å². The topological polar surface area (TPSA) is 31.1 Å². The number of benzene rings is 2. The van der Waals surface area contributed by atoms with Gasteiger partial charge in [-0.2, -0.15) is 0 Å². The molecule has 1 aliphatic rings. The first-order chi connectivity index (χ1) is 13.0. The molecule has 2 N–H and O–H groups in total. The number of aromatic amines is 1. The largest absolute Gasteiger partial charge is 0.360 e. The Kier molecular flexibility index (Phi) is 4.87. The van der Waals surface area contributed by atoms with Gasteiger partial charge in [0, 0.05) is 40.1 Å². The lowest BCUT2D eigenvalue weighted by molar-refractivity contribution is 0.292. The molecule has 27 heavy (non-hydrogen) atoms. The molecule has 3 aromatic rings. The third-order valence-corrected chi connectivity index (χ3v) is 6.04. The number of hydrogen-bond acceptors (Lipinski definition) is 1. The number of rotatable bonds is 2. The molecule has 0 amide bonds. The van der Waals surface area contributed by atoms with Gasteiger partial charge in [0.15, 0.2) is 5.11 Å². The van der Waals surface area contributed by atoms with Crippen LogP contribution in [-0.2, 0) is 0 Å². The van der Waals surface area contributed by atoms with E-state index in [4.69, 9.17) is 23.8 Å². The van der Waals surface area contributed by atoms with E-state index in [1.54, 1.807) is 0 Å². The first-order valence-electron chi connectivity index (χ1n) is 9.39. The van der Waals surface area contributed by atoms with Crippen LogP contribution >= 0.6 is 23.8 Å². The first kappa shape index (κ1) is 18.3. The SMILES string of the molecule is CC(C)NC(=S)N1C[C@H](c2ccccc2Cl)c2c([nH]c3ccccc23)[C@H]1C. The number of nitrogens with zero attached hydrogens (tertiary/aromatic N) is 1. The Balaban J connectivity index is 1.89. The Morgan fingerprint density at radius 3 is 2.63 bits per heavy atom. The summed E-state index contributed by atoms with van der Waals surface area (Å²) in [6.07, 6.45) is 0. The van der Waals surface area contributed by atoms with Crippen LogP contribution in [0.15, 0.2) is 48.5 Å². The zero-order chi connectivity index (χ0) is 19.1. The Morgan fingerprint density at radius 2 is 1.89 bits per heavy atom. The van der Waals surface area contributed by atoms with Gasteiger partial charge in [0.2, 0.25) is 0 Å². The maximum Gasteiger partial charge on any atom is 0.169 e. The average molecular weight is 398 g/mol. The number of thiocarbonyl (C=S) groups is 1. The Labute approximate surface area is 170 Å². The van der Waals surface area contributed by atoms with E-state index in [-0.39, 0.29) is 12.0 Å². The standard InChI is InChI=1S/C22H24ClN3S/c1-13(2)24-22(27)26-12-17(15-8-4-6-10-18(15)23)20-16-9-5-7-11-19(16)25-21(20)14(26)3/h4-11,13-14,17,25H,12H2,1-3H3,(H,24,27)/t14-,17-/m1/s1. The van der Waals surface area contributed by atoms with E-state index < -0.39 is 0 Å². The summed E-state index contributed by atoms with van der Waals surface area (Å²) in [4.78, 5) is 5.93. The van der Waals surface area contributed by atoms with Crippen molar-refractivity contribution in [3.05, 3.63) is 70.4 Å². The lowest BCUT2D eigenvalue weighted by atomic mass is 9.84. The predicted molar refractivity (Wildman–Crippen MR) is 118 cm³/mol. The van der Waals surface area contributed by atoms with Crippen molar-refractivity contribution >= 4 is 39.8 Å². The van der Waals surface area contributed by atoms with E-state index >= 15 is 0 Å². The highest BCUT2D eigenvalue weighted by molar-refractivity contribution is 7.80. The van der Waals surface area contributed by atoms with Crippen LogP contribution in [0.3, 0.4) is 0 Å². The molecule has 0 spiro atoms. The van der Waals surface area contributed by atoms with Crippen molar-refractivity contribution in [2.24, 2.45) is 0 Å². The summed E-state index contributed by atoms with van der Waals surface area (Å²) >= 11 is 12.4. The van der Waals surface area contributed by atoms with Crippen LogP contribution < -0.4 is 5.32 Å². The first-order valence-corrected chi connectivity index (χ1v) is 10.2. The summed E-state index contributed by atoms with van der Waals surface area (Å²) in [5.74, 6) is 0.160. The summed E-state index contributed by atoms with van der Waals surface area (Å²) < 4.78 is 0. The molecule has 2 heterocycles.